The lowest BCUT2D eigenvalue weighted by molar-refractivity contribution is -0.139. The van der Waals surface area contributed by atoms with Gasteiger partial charge >= 0.3 is 5.97 Å². The fourth-order valence-corrected chi connectivity index (χ4v) is 2.63. The fourth-order valence-electron chi connectivity index (χ4n) is 2.08. The Balaban J connectivity index is 2.27. The zero-order valence-electron chi connectivity index (χ0n) is 13.4. The SMILES string of the molecule is Cc1ccc(C(NC(=O)c2ccc(S(C)(=O)=O)o2)C(=O)O)cc1C. The Morgan fingerprint density at radius 1 is 1.12 bits per heavy atom. The molecule has 2 aromatic rings. The van der Waals surface area contributed by atoms with Gasteiger partial charge in [-0.05, 0) is 42.7 Å². The molecule has 1 aromatic carbocycles. The summed E-state index contributed by atoms with van der Waals surface area (Å²) in [5, 5.41) is 11.4. The van der Waals surface area contributed by atoms with Crippen molar-refractivity contribution >= 4 is 21.7 Å². The van der Waals surface area contributed by atoms with Crippen LogP contribution in [0.25, 0.3) is 0 Å². The number of hydrogen-bond donors (Lipinski definition) is 2. The van der Waals surface area contributed by atoms with Crippen LogP contribution in [-0.2, 0) is 14.6 Å². The van der Waals surface area contributed by atoms with Gasteiger partial charge in [-0.2, -0.15) is 0 Å². The normalized spacial score (nSPS) is 12.6. The number of carbonyl (C=O) groups excluding carboxylic acids is 1. The number of rotatable bonds is 5. The van der Waals surface area contributed by atoms with E-state index in [0.717, 1.165) is 23.4 Å². The number of carbonyl (C=O) groups is 2. The van der Waals surface area contributed by atoms with Gasteiger partial charge in [-0.15, -0.1) is 0 Å². The number of aryl methyl sites for hydroxylation is 2. The summed E-state index contributed by atoms with van der Waals surface area (Å²) >= 11 is 0. The number of hydrogen-bond acceptors (Lipinski definition) is 5. The molecule has 1 aromatic heterocycles. The predicted molar refractivity (Wildman–Crippen MR) is 85.6 cm³/mol. The van der Waals surface area contributed by atoms with Crippen LogP contribution in [0, 0.1) is 13.8 Å². The molecule has 2 N–H and O–H groups in total. The minimum absolute atomic E-state index is 0.273. The molecule has 2 rings (SSSR count). The van der Waals surface area contributed by atoms with Crippen molar-refractivity contribution in [3.8, 4) is 0 Å². The summed E-state index contributed by atoms with van der Waals surface area (Å²) in [4.78, 5) is 23.6. The third kappa shape index (κ3) is 3.83. The predicted octanol–water partition coefficient (Wildman–Crippen LogP) is 1.86. The number of aliphatic carboxylic acids is 1. The fraction of sp³-hybridized carbons (Fsp3) is 0.250. The number of carboxylic acids is 1. The van der Waals surface area contributed by atoms with Crippen molar-refractivity contribution in [3.05, 3.63) is 52.8 Å². The lowest BCUT2D eigenvalue weighted by Crippen LogP contribution is -2.33. The Morgan fingerprint density at radius 3 is 2.29 bits per heavy atom. The van der Waals surface area contributed by atoms with Crippen LogP contribution in [-0.4, -0.2) is 31.7 Å². The molecule has 8 heteroatoms. The molecule has 0 radical (unpaired) electrons. The van der Waals surface area contributed by atoms with Crippen LogP contribution >= 0.6 is 0 Å². The molecule has 1 amide bonds. The van der Waals surface area contributed by atoms with Crippen molar-refractivity contribution in [2.24, 2.45) is 0 Å². The van der Waals surface area contributed by atoms with E-state index < -0.39 is 27.8 Å². The molecule has 1 unspecified atom stereocenters. The average molecular weight is 351 g/mol. The van der Waals surface area contributed by atoms with Crippen molar-refractivity contribution in [2.75, 3.05) is 6.26 Å². The third-order valence-electron chi connectivity index (χ3n) is 3.56. The van der Waals surface area contributed by atoms with E-state index in [1.54, 1.807) is 18.2 Å². The van der Waals surface area contributed by atoms with E-state index in [-0.39, 0.29) is 10.9 Å². The molecule has 0 saturated heterocycles. The monoisotopic (exact) mass is 351 g/mol. The first-order valence-corrected chi connectivity index (χ1v) is 8.89. The Kier molecular flexibility index (Phi) is 4.79. The second-order valence-corrected chi connectivity index (χ2v) is 7.43. The summed E-state index contributed by atoms with van der Waals surface area (Å²) < 4.78 is 27.7. The highest BCUT2D eigenvalue weighted by Crippen LogP contribution is 2.19. The summed E-state index contributed by atoms with van der Waals surface area (Å²) in [5.41, 5.74) is 2.30. The zero-order valence-corrected chi connectivity index (χ0v) is 14.2. The molecule has 7 nitrogen and oxygen atoms in total. The molecule has 1 atom stereocenters. The Bertz CT molecular complexity index is 897. The summed E-state index contributed by atoms with van der Waals surface area (Å²) in [6.07, 6.45) is 0.947. The molecule has 0 aliphatic heterocycles. The molecule has 0 saturated carbocycles. The number of carboxylic acid groups (broad SMARTS) is 1. The number of nitrogens with one attached hydrogen (secondary N) is 1. The van der Waals surface area contributed by atoms with Crippen molar-refractivity contribution in [3.63, 3.8) is 0 Å². The lowest BCUT2D eigenvalue weighted by atomic mass is 10.0. The average Bonchev–Trinajstić information content (AvgIpc) is 2.97. The van der Waals surface area contributed by atoms with Crippen LogP contribution < -0.4 is 5.32 Å². The summed E-state index contributed by atoms with van der Waals surface area (Å²) in [7, 11) is -3.59. The van der Waals surface area contributed by atoms with E-state index in [1.165, 1.54) is 6.07 Å². The Morgan fingerprint density at radius 2 is 1.79 bits per heavy atom. The number of sulfone groups is 1. The topological polar surface area (TPSA) is 114 Å². The van der Waals surface area contributed by atoms with Gasteiger partial charge in [0.25, 0.3) is 5.91 Å². The second kappa shape index (κ2) is 6.48. The maximum absolute atomic E-state index is 12.2. The van der Waals surface area contributed by atoms with Gasteiger partial charge in [-0.25, -0.2) is 13.2 Å². The maximum Gasteiger partial charge on any atom is 0.330 e. The van der Waals surface area contributed by atoms with Gasteiger partial charge in [0, 0.05) is 6.26 Å². The van der Waals surface area contributed by atoms with Crippen LogP contribution in [0.15, 0.2) is 39.8 Å². The highest BCUT2D eigenvalue weighted by molar-refractivity contribution is 7.90. The molecular formula is C16H17NO6S. The van der Waals surface area contributed by atoms with E-state index in [1.807, 2.05) is 13.8 Å². The van der Waals surface area contributed by atoms with Crippen molar-refractivity contribution in [2.45, 2.75) is 25.0 Å². The molecule has 0 aliphatic rings. The number of furan rings is 1. The first-order chi connectivity index (χ1) is 11.1. The van der Waals surface area contributed by atoms with Gasteiger partial charge in [0.1, 0.15) is 0 Å². The van der Waals surface area contributed by atoms with Gasteiger partial charge in [-0.3, -0.25) is 4.79 Å². The van der Waals surface area contributed by atoms with E-state index >= 15 is 0 Å². The van der Waals surface area contributed by atoms with Crippen LogP contribution in [0.5, 0.6) is 0 Å². The van der Waals surface area contributed by atoms with Gasteiger partial charge in [0.05, 0.1) is 0 Å². The van der Waals surface area contributed by atoms with Crippen molar-refractivity contribution in [1.82, 2.24) is 5.32 Å². The molecule has 0 bridgehead atoms. The first-order valence-electron chi connectivity index (χ1n) is 7.00. The van der Waals surface area contributed by atoms with E-state index in [4.69, 9.17) is 4.42 Å². The summed E-state index contributed by atoms with van der Waals surface area (Å²) in [6.45, 7) is 3.73. The molecule has 0 spiro atoms. The molecule has 0 aliphatic carbocycles. The van der Waals surface area contributed by atoms with Gasteiger partial charge in [-0.1, -0.05) is 18.2 Å². The van der Waals surface area contributed by atoms with Crippen LogP contribution in [0.2, 0.25) is 0 Å². The second-order valence-electron chi connectivity index (χ2n) is 5.48. The number of benzene rings is 1. The number of amides is 1. The quantitative estimate of drug-likeness (QED) is 0.850. The minimum atomic E-state index is -3.59. The maximum atomic E-state index is 12.2. The summed E-state index contributed by atoms with van der Waals surface area (Å²) in [6, 6.07) is 6.12. The smallest absolute Gasteiger partial charge is 0.330 e. The van der Waals surface area contributed by atoms with Crippen LogP contribution in [0.1, 0.15) is 33.3 Å². The summed E-state index contributed by atoms with van der Waals surface area (Å²) in [5.74, 6) is -2.32. The molecule has 24 heavy (non-hydrogen) atoms. The van der Waals surface area contributed by atoms with Crippen molar-refractivity contribution < 1.29 is 27.5 Å². The Hall–Kier alpha value is -2.61. The molecule has 1 heterocycles. The van der Waals surface area contributed by atoms with E-state index in [9.17, 15) is 23.1 Å². The van der Waals surface area contributed by atoms with Crippen LogP contribution in [0.3, 0.4) is 0 Å². The van der Waals surface area contributed by atoms with Crippen molar-refractivity contribution in [1.29, 1.82) is 0 Å². The minimum Gasteiger partial charge on any atom is -0.479 e. The third-order valence-corrected chi connectivity index (χ3v) is 4.51. The first kappa shape index (κ1) is 17.7. The van der Waals surface area contributed by atoms with Crippen LogP contribution in [0.4, 0.5) is 0 Å². The molecule has 0 fully saturated rings. The highest BCUT2D eigenvalue weighted by atomic mass is 32.2. The zero-order chi connectivity index (χ0) is 18.1. The van der Waals surface area contributed by atoms with Gasteiger partial charge in [0.15, 0.2) is 11.8 Å². The highest BCUT2D eigenvalue weighted by Gasteiger charge is 2.25. The van der Waals surface area contributed by atoms with Gasteiger partial charge < -0.3 is 14.8 Å². The lowest BCUT2D eigenvalue weighted by Gasteiger charge is -2.15. The van der Waals surface area contributed by atoms with E-state index in [0.29, 0.717) is 5.56 Å². The largest absolute Gasteiger partial charge is 0.479 e. The van der Waals surface area contributed by atoms with E-state index in [2.05, 4.69) is 5.32 Å². The molecular weight excluding hydrogens is 334 g/mol. The standard InChI is InChI=1S/C16H17NO6S/c1-9-4-5-11(8-10(9)2)14(16(19)20)17-15(18)12-6-7-13(23-12)24(3,21)22/h4-8,14H,1-3H3,(H,17,18)(H,19,20). The molecule has 128 valence electrons. The van der Waals surface area contributed by atoms with Gasteiger partial charge in [0.2, 0.25) is 14.9 Å². The Labute approximate surface area is 139 Å².